The highest BCUT2D eigenvalue weighted by molar-refractivity contribution is 5.18. The first kappa shape index (κ1) is 41.9. The molecule has 20 atom stereocenters. The van der Waals surface area contributed by atoms with Crippen molar-refractivity contribution in [2.75, 3.05) is 6.61 Å². The van der Waals surface area contributed by atoms with Gasteiger partial charge in [-0.25, -0.2) is 0 Å². The molecule has 4 aliphatic carbocycles. The van der Waals surface area contributed by atoms with Crippen LogP contribution < -0.4 is 0 Å². The number of rotatable bonds is 9. The molecule has 6 aliphatic rings. The number of allylic oxidation sites excluding steroid dienone is 2. The average molecular weight is 755 g/mol. The van der Waals surface area contributed by atoms with Gasteiger partial charge in [-0.3, -0.25) is 0 Å². The minimum Gasteiger partial charge on any atom is -0.393 e. The Morgan fingerprint density at radius 3 is 2.08 bits per heavy atom. The predicted molar refractivity (Wildman–Crippen MR) is 195 cm³/mol. The van der Waals surface area contributed by atoms with Crippen LogP contribution in [0.15, 0.2) is 11.6 Å². The van der Waals surface area contributed by atoms with Gasteiger partial charge in [-0.05, 0) is 131 Å². The summed E-state index contributed by atoms with van der Waals surface area (Å²) in [6, 6.07) is 0. The van der Waals surface area contributed by atoms with Crippen molar-refractivity contribution in [2.24, 2.45) is 45.8 Å². The molecule has 2 aliphatic heterocycles. The van der Waals surface area contributed by atoms with Crippen LogP contribution in [-0.4, -0.2) is 127 Å². The van der Waals surface area contributed by atoms with Gasteiger partial charge in [-0.1, -0.05) is 39.3 Å². The van der Waals surface area contributed by atoms with Crippen molar-refractivity contribution >= 4 is 0 Å². The zero-order chi connectivity index (χ0) is 39.0. The summed E-state index contributed by atoms with van der Waals surface area (Å²) in [6.07, 6.45) is -4.94. The lowest BCUT2D eigenvalue weighted by atomic mass is 9.39. The van der Waals surface area contributed by atoms with Gasteiger partial charge in [0.2, 0.25) is 0 Å². The maximum Gasteiger partial charge on any atom is 0.187 e. The molecule has 12 nitrogen and oxygen atoms in total. The fourth-order valence-electron chi connectivity index (χ4n) is 12.5. The minimum absolute atomic E-state index is 0.0114. The Labute approximate surface area is 315 Å². The van der Waals surface area contributed by atoms with E-state index in [0.29, 0.717) is 37.0 Å². The van der Waals surface area contributed by atoms with E-state index in [9.17, 15) is 40.9 Å². The van der Waals surface area contributed by atoms with Crippen molar-refractivity contribution in [1.82, 2.24) is 0 Å². The zero-order valence-corrected chi connectivity index (χ0v) is 33.2. The molecule has 8 N–H and O–H groups in total. The number of hydrogen-bond donors (Lipinski definition) is 8. The smallest absolute Gasteiger partial charge is 0.187 e. The number of aliphatic hydroxyl groups excluding tert-OH is 8. The summed E-state index contributed by atoms with van der Waals surface area (Å²) in [7, 11) is 0. The molecule has 0 amide bonds. The monoisotopic (exact) mass is 754 g/mol. The third-order valence-corrected chi connectivity index (χ3v) is 16.0. The molecule has 6 rings (SSSR count). The lowest BCUT2D eigenvalue weighted by Gasteiger charge is -2.67. The average Bonchev–Trinajstić information content (AvgIpc) is 3.48. The van der Waals surface area contributed by atoms with Crippen LogP contribution >= 0.6 is 0 Å². The predicted octanol–water partition coefficient (Wildman–Crippen LogP) is 2.79. The number of hydrogen-bond acceptors (Lipinski definition) is 12. The Hall–Kier alpha value is -0.740. The maximum absolute atomic E-state index is 12.3. The molecule has 306 valence electrons. The van der Waals surface area contributed by atoms with E-state index < -0.39 is 73.1 Å². The quantitative estimate of drug-likeness (QED) is 0.161. The molecule has 12 heteroatoms. The van der Waals surface area contributed by atoms with Crippen molar-refractivity contribution in [3.8, 4) is 0 Å². The number of ether oxygens (including phenoxy) is 4. The van der Waals surface area contributed by atoms with E-state index in [1.165, 1.54) is 6.92 Å². The summed E-state index contributed by atoms with van der Waals surface area (Å²) in [5, 5.41) is 87.4. The van der Waals surface area contributed by atoms with Crippen LogP contribution in [0.25, 0.3) is 0 Å². The number of fused-ring (bicyclic) bond motifs is 5. The van der Waals surface area contributed by atoms with E-state index in [0.717, 1.165) is 44.1 Å². The summed E-state index contributed by atoms with van der Waals surface area (Å²) < 4.78 is 24.4. The Kier molecular flexibility index (Phi) is 12.0. The fourth-order valence-corrected chi connectivity index (χ4v) is 12.5. The van der Waals surface area contributed by atoms with Gasteiger partial charge in [0.25, 0.3) is 0 Å². The third-order valence-electron chi connectivity index (χ3n) is 16.0. The van der Waals surface area contributed by atoms with Gasteiger partial charge in [-0.2, -0.15) is 0 Å². The van der Waals surface area contributed by atoms with E-state index in [-0.39, 0.29) is 40.8 Å². The molecule has 0 spiro atoms. The zero-order valence-electron chi connectivity index (χ0n) is 33.2. The van der Waals surface area contributed by atoms with Gasteiger partial charge >= 0.3 is 0 Å². The van der Waals surface area contributed by atoms with Gasteiger partial charge in [0, 0.05) is 0 Å². The fraction of sp³-hybridized carbons (Fsp3) is 0.951. The van der Waals surface area contributed by atoms with Gasteiger partial charge in [0.15, 0.2) is 12.6 Å². The highest BCUT2D eigenvalue weighted by atomic mass is 16.7. The SMILES string of the molecule is CC(C)=CCC[C@](C)(O[C@@H]1O[C@H](CO[C@@H]2O[C@H](C)[C@H](O)[C@@H](O)[C@H]2O)[C@@H](O)[C@H](O)[C@H]1O)C1CC[C@]2(C)C1C(O)CC1C3CCC(O)C(C)(C)C3CCC12C. The van der Waals surface area contributed by atoms with Crippen molar-refractivity contribution in [2.45, 2.75) is 192 Å². The van der Waals surface area contributed by atoms with Gasteiger partial charge < -0.3 is 59.8 Å². The summed E-state index contributed by atoms with van der Waals surface area (Å²) >= 11 is 0. The molecule has 4 saturated carbocycles. The largest absolute Gasteiger partial charge is 0.393 e. The second-order valence-electron chi connectivity index (χ2n) is 19.4. The Balaban J connectivity index is 1.24. The van der Waals surface area contributed by atoms with E-state index in [2.05, 4.69) is 33.8 Å². The van der Waals surface area contributed by atoms with Crippen LogP contribution in [0.5, 0.6) is 0 Å². The van der Waals surface area contributed by atoms with Crippen molar-refractivity contribution < 1.29 is 59.8 Å². The van der Waals surface area contributed by atoms with Crippen LogP contribution in [0.3, 0.4) is 0 Å². The first-order valence-corrected chi connectivity index (χ1v) is 20.4. The van der Waals surface area contributed by atoms with Crippen LogP contribution in [-0.2, 0) is 18.9 Å². The Bertz CT molecular complexity index is 1310. The van der Waals surface area contributed by atoms with Gasteiger partial charge in [0.1, 0.15) is 42.7 Å². The summed E-state index contributed by atoms with van der Waals surface area (Å²) in [5.74, 6) is 1.04. The molecule has 0 aromatic heterocycles. The molecule has 0 aromatic rings. The van der Waals surface area contributed by atoms with Crippen LogP contribution in [0, 0.1) is 45.8 Å². The normalized spacial score (nSPS) is 52.1. The Morgan fingerprint density at radius 2 is 1.40 bits per heavy atom. The molecule has 2 saturated heterocycles. The third kappa shape index (κ3) is 7.11. The molecule has 53 heavy (non-hydrogen) atoms. The molecular weight excluding hydrogens is 684 g/mol. The maximum atomic E-state index is 12.3. The lowest BCUT2D eigenvalue weighted by molar-refractivity contribution is -0.348. The van der Waals surface area contributed by atoms with Crippen LogP contribution in [0.2, 0.25) is 0 Å². The van der Waals surface area contributed by atoms with Crippen LogP contribution in [0.1, 0.15) is 113 Å². The summed E-state index contributed by atoms with van der Waals surface area (Å²) in [6.45, 7) is 16.6. The molecular formula is C41H70O12. The minimum atomic E-state index is -1.63. The summed E-state index contributed by atoms with van der Waals surface area (Å²) in [4.78, 5) is 0. The standard InChI is InChI=1S/C41H70O12/c1-20(2)10-9-15-41(8,53-37-35(49)33(47)31(45)27(52-37)19-50-36-34(48)32(46)30(44)21(3)51-36)24-14-17-40(7)29(24)26(42)18-25-22-11-12-28(43)38(4,5)23(22)13-16-39(25,40)6/h10,21-37,42-49H,9,11-19H2,1-8H3/t21-,22?,23?,24?,25?,26?,27-,28?,29?,30+,31-,32-,33+,34-,35-,36-,37+,39?,40-,41+/m1/s1. The number of aliphatic hydroxyl groups is 8. The first-order valence-electron chi connectivity index (χ1n) is 20.4. The highest BCUT2D eigenvalue weighted by Gasteiger charge is 2.69. The van der Waals surface area contributed by atoms with Gasteiger partial charge in [-0.15, -0.1) is 0 Å². The molecule has 0 bridgehead atoms. The lowest BCUT2D eigenvalue weighted by Crippen LogP contribution is -2.64. The van der Waals surface area contributed by atoms with Gasteiger partial charge in [0.05, 0.1) is 30.5 Å². The van der Waals surface area contributed by atoms with Crippen molar-refractivity contribution in [3.05, 3.63) is 11.6 Å². The second kappa shape index (κ2) is 15.2. The second-order valence-corrected chi connectivity index (χ2v) is 19.4. The molecule has 8 unspecified atom stereocenters. The van der Waals surface area contributed by atoms with E-state index in [4.69, 9.17) is 18.9 Å². The topological polar surface area (TPSA) is 199 Å². The van der Waals surface area contributed by atoms with E-state index in [1.807, 2.05) is 20.8 Å². The first-order chi connectivity index (χ1) is 24.7. The molecule has 0 aromatic carbocycles. The van der Waals surface area contributed by atoms with Crippen molar-refractivity contribution in [3.63, 3.8) is 0 Å². The molecule has 6 fully saturated rings. The van der Waals surface area contributed by atoms with E-state index >= 15 is 0 Å². The van der Waals surface area contributed by atoms with Crippen molar-refractivity contribution in [1.29, 1.82) is 0 Å². The molecule has 0 radical (unpaired) electrons. The van der Waals surface area contributed by atoms with Crippen LogP contribution in [0.4, 0.5) is 0 Å². The highest BCUT2D eigenvalue weighted by Crippen LogP contribution is 2.73. The summed E-state index contributed by atoms with van der Waals surface area (Å²) in [5.41, 5.74) is -0.0825. The Morgan fingerprint density at radius 1 is 0.755 bits per heavy atom. The molecule has 2 heterocycles. The van der Waals surface area contributed by atoms with E-state index in [1.54, 1.807) is 0 Å².